The van der Waals surface area contributed by atoms with Crippen LogP contribution in [0.3, 0.4) is 0 Å². The fraction of sp³-hybridized carbons (Fsp3) is 0.500. The molecule has 0 atom stereocenters. The second-order valence-corrected chi connectivity index (χ2v) is 5.11. The van der Waals surface area contributed by atoms with E-state index in [-0.39, 0.29) is 0 Å². The van der Waals surface area contributed by atoms with Gasteiger partial charge in [0.15, 0.2) is 0 Å². The van der Waals surface area contributed by atoms with Crippen molar-refractivity contribution in [2.24, 2.45) is 0 Å². The number of fused-ring (bicyclic) bond motifs is 1. The Kier molecular flexibility index (Phi) is 6.10. The summed E-state index contributed by atoms with van der Waals surface area (Å²) in [4.78, 5) is 4.51. The summed E-state index contributed by atoms with van der Waals surface area (Å²) in [6, 6.07) is 5.71. The van der Waals surface area contributed by atoms with Gasteiger partial charge >= 0.3 is 0 Å². The Bertz CT molecular complexity index is 557. The number of nitrogens with zero attached hydrogens (tertiary/aromatic N) is 2. The van der Waals surface area contributed by atoms with E-state index in [4.69, 9.17) is 32.7 Å². The number of hydrogen-bond acceptors (Lipinski definition) is 3. The molecule has 0 saturated heterocycles. The maximum Gasteiger partial charge on any atom is 0.124 e. The normalized spacial score (nSPS) is 11.3. The van der Waals surface area contributed by atoms with Crippen molar-refractivity contribution in [1.29, 1.82) is 0 Å². The van der Waals surface area contributed by atoms with Crippen molar-refractivity contribution in [3.05, 3.63) is 29.0 Å². The molecule has 1 aromatic carbocycles. The minimum atomic E-state index is 0.386. The number of alkyl halides is 1. The molecule has 0 radical (unpaired) electrons. The number of rotatable bonds is 8. The molecule has 2 rings (SSSR count). The van der Waals surface area contributed by atoms with E-state index in [1.54, 1.807) is 7.11 Å². The fourth-order valence-electron chi connectivity index (χ4n) is 2.07. The largest absolute Gasteiger partial charge is 0.382 e. The molecule has 4 nitrogen and oxygen atoms in total. The Morgan fingerprint density at radius 3 is 2.85 bits per heavy atom. The SMILES string of the molecule is COCCOCCCn1c(CCl)nc2cc(Cl)ccc21. The Balaban J connectivity index is 2.01. The third kappa shape index (κ3) is 3.85. The van der Waals surface area contributed by atoms with Gasteiger partial charge in [0, 0.05) is 25.3 Å². The molecule has 0 unspecified atom stereocenters. The van der Waals surface area contributed by atoms with Crippen LogP contribution < -0.4 is 0 Å². The van der Waals surface area contributed by atoms with Crippen LogP contribution in [-0.2, 0) is 21.9 Å². The molecule has 0 saturated carbocycles. The number of hydrogen-bond donors (Lipinski definition) is 0. The van der Waals surface area contributed by atoms with Gasteiger partial charge in [-0.05, 0) is 24.6 Å². The fourth-order valence-corrected chi connectivity index (χ4v) is 2.44. The van der Waals surface area contributed by atoms with Crippen LogP contribution in [0, 0.1) is 0 Å². The zero-order chi connectivity index (χ0) is 14.4. The summed E-state index contributed by atoms with van der Waals surface area (Å²) in [7, 11) is 1.67. The molecule has 0 N–H and O–H groups in total. The van der Waals surface area contributed by atoms with Crippen LogP contribution in [0.1, 0.15) is 12.2 Å². The van der Waals surface area contributed by atoms with E-state index in [9.17, 15) is 0 Å². The van der Waals surface area contributed by atoms with Crippen molar-refractivity contribution < 1.29 is 9.47 Å². The molecular formula is C14H18Cl2N2O2. The number of methoxy groups -OCH3 is 1. The lowest BCUT2D eigenvalue weighted by atomic mass is 10.3. The molecule has 0 aliphatic carbocycles. The minimum absolute atomic E-state index is 0.386. The van der Waals surface area contributed by atoms with Crippen LogP contribution in [0.5, 0.6) is 0 Å². The van der Waals surface area contributed by atoms with E-state index < -0.39 is 0 Å². The van der Waals surface area contributed by atoms with E-state index in [1.807, 2.05) is 18.2 Å². The molecule has 1 aromatic heterocycles. The standard InChI is InChI=1S/C14H18Cl2N2O2/c1-19-7-8-20-6-2-5-18-13-4-3-11(16)9-12(13)17-14(18)10-15/h3-4,9H,2,5-8,10H2,1H3. The van der Waals surface area contributed by atoms with E-state index in [0.29, 0.717) is 30.7 Å². The van der Waals surface area contributed by atoms with Gasteiger partial charge < -0.3 is 14.0 Å². The predicted molar refractivity (Wildman–Crippen MR) is 81.6 cm³/mol. The molecule has 0 amide bonds. The van der Waals surface area contributed by atoms with Crippen molar-refractivity contribution in [3.8, 4) is 0 Å². The molecule has 2 aromatic rings. The van der Waals surface area contributed by atoms with Gasteiger partial charge in [0.1, 0.15) is 5.82 Å². The number of benzene rings is 1. The first-order valence-electron chi connectivity index (χ1n) is 6.53. The number of imidazole rings is 1. The van der Waals surface area contributed by atoms with Gasteiger partial charge in [-0.15, -0.1) is 11.6 Å². The summed E-state index contributed by atoms with van der Waals surface area (Å²) in [6.07, 6.45) is 0.904. The third-order valence-electron chi connectivity index (χ3n) is 3.01. The summed E-state index contributed by atoms with van der Waals surface area (Å²) >= 11 is 11.9. The van der Waals surface area contributed by atoms with Crippen LogP contribution in [0.15, 0.2) is 18.2 Å². The third-order valence-corrected chi connectivity index (χ3v) is 3.49. The predicted octanol–water partition coefficient (Wildman–Crippen LogP) is 3.48. The molecule has 6 heteroatoms. The summed E-state index contributed by atoms with van der Waals surface area (Å²) in [6.45, 7) is 2.77. The van der Waals surface area contributed by atoms with E-state index in [2.05, 4.69) is 9.55 Å². The van der Waals surface area contributed by atoms with Crippen molar-refractivity contribution >= 4 is 34.2 Å². The van der Waals surface area contributed by atoms with Crippen molar-refractivity contribution in [1.82, 2.24) is 9.55 Å². The smallest absolute Gasteiger partial charge is 0.124 e. The molecule has 20 heavy (non-hydrogen) atoms. The summed E-state index contributed by atoms with van der Waals surface area (Å²) in [5.41, 5.74) is 1.94. The van der Waals surface area contributed by atoms with Crippen LogP contribution in [-0.4, -0.2) is 36.5 Å². The molecule has 110 valence electrons. The minimum Gasteiger partial charge on any atom is -0.382 e. The Morgan fingerprint density at radius 2 is 2.10 bits per heavy atom. The highest BCUT2D eigenvalue weighted by molar-refractivity contribution is 6.31. The van der Waals surface area contributed by atoms with Gasteiger partial charge in [-0.2, -0.15) is 0 Å². The molecule has 1 heterocycles. The summed E-state index contributed by atoms with van der Waals surface area (Å²) in [5, 5.41) is 0.686. The van der Waals surface area contributed by atoms with Gasteiger partial charge in [0.05, 0.1) is 30.1 Å². The van der Waals surface area contributed by atoms with Crippen LogP contribution in [0.25, 0.3) is 11.0 Å². The first-order chi connectivity index (χ1) is 9.76. The van der Waals surface area contributed by atoms with Gasteiger partial charge in [-0.3, -0.25) is 0 Å². The molecule has 0 aliphatic rings. The lowest BCUT2D eigenvalue weighted by molar-refractivity contribution is 0.0681. The highest BCUT2D eigenvalue weighted by Crippen LogP contribution is 2.21. The van der Waals surface area contributed by atoms with Crippen molar-refractivity contribution in [2.45, 2.75) is 18.8 Å². The maximum atomic E-state index is 5.98. The highest BCUT2D eigenvalue weighted by atomic mass is 35.5. The zero-order valence-corrected chi connectivity index (χ0v) is 13.0. The molecule has 0 spiro atoms. The lowest BCUT2D eigenvalue weighted by Crippen LogP contribution is -2.08. The average molecular weight is 317 g/mol. The van der Waals surface area contributed by atoms with Crippen LogP contribution in [0.4, 0.5) is 0 Å². The number of aromatic nitrogens is 2. The van der Waals surface area contributed by atoms with Gasteiger partial charge in [0.25, 0.3) is 0 Å². The van der Waals surface area contributed by atoms with Crippen molar-refractivity contribution in [2.75, 3.05) is 26.9 Å². The number of aryl methyl sites for hydroxylation is 1. The van der Waals surface area contributed by atoms with Crippen LogP contribution >= 0.6 is 23.2 Å². The van der Waals surface area contributed by atoms with E-state index in [1.165, 1.54) is 0 Å². The molecule has 0 bridgehead atoms. The van der Waals surface area contributed by atoms with E-state index >= 15 is 0 Å². The van der Waals surface area contributed by atoms with Gasteiger partial charge in [-0.25, -0.2) is 4.98 Å². The number of ether oxygens (including phenoxy) is 2. The topological polar surface area (TPSA) is 36.3 Å². The lowest BCUT2D eigenvalue weighted by Gasteiger charge is -2.08. The first kappa shape index (κ1) is 15.6. The quantitative estimate of drug-likeness (QED) is 0.552. The second-order valence-electron chi connectivity index (χ2n) is 4.41. The van der Waals surface area contributed by atoms with Gasteiger partial charge in [0.2, 0.25) is 0 Å². The maximum absolute atomic E-state index is 5.98. The van der Waals surface area contributed by atoms with Crippen molar-refractivity contribution in [3.63, 3.8) is 0 Å². The Labute approximate surface area is 128 Å². The summed E-state index contributed by atoms with van der Waals surface area (Å²) in [5.74, 6) is 1.25. The molecule has 0 aliphatic heterocycles. The first-order valence-corrected chi connectivity index (χ1v) is 7.45. The zero-order valence-electron chi connectivity index (χ0n) is 11.4. The van der Waals surface area contributed by atoms with Crippen LogP contribution in [0.2, 0.25) is 5.02 Å². The highest BCUT2D eigenvalue weighted by Gasteiger charge is 2.09. The monoisotopic (exact) mass is 316 g/mol. The average Bonchev–Trinajstić information content (AvgIpc) is 2.79. The van der Waals surface area contributed by atoms with Gasteiger partial charge in [-0.1, -0.05) is 11.6 Å². The number of halogens is 2. The van der Waals surface area contributed by atoms with E-state index in [0.717, 1.165) is 29.8 Å². The summed E-state index contributed by atoms with van der Waals surface area (Å²) < 4.78 is 12.5. The molecular weight excluding hydrogens is 299 g/mol. The molecule has 0 fully saturated rings. The Hall–Kier alpha value is -0.810. The second kappa shape index (κ2) is 7.84. The Morgan fingerprint density at radius 1 is 1.25 bits per heavy atom.